The second kappa shape index (κ2) is 7.43. The topological polar surface area (TPSA) is 46.5 Å². The minimum Gasteiger partial charge on any atom is -0.493 e. The number of rotatable bonds is 7. The highest BCUT2D eigenvalue weighted by molar-refractivity contribution is 5.90. The van der Waals surface area contributed by atoms with Crippen molar-refractivity contribution < 1.29 is 19.0 Å². The number of hydrogen-bond donors (Lipinski definition) is 1. The molecule has 0 atom stereocenters. The van der Waals surface area contributed by atoms with E-state index in [4.69, 9.17) is 9.84 Å². The van der Waals surface area contributed by atoms with Gasteiger partial charge in [0.15, 0.2) is 0 Å². The van der Waals surface area contributed by atoms with Gasteiger partial charge in [-0.05, 0) is 43.0 Å². The van der Waals surface area contributed by atoms with Crippen LogP contribution in [0, 0.1) is 5.82 Å². The Balaban J connectivity index is 1.80. The molecular weight excluding hydrogens is 271 g/mol. The van der Waals surface area contributed by atoms with E-state index < -0.39 is 11.8 Å². The Kier molecular flexibility index (Phi) is 5.32. The number of aromatic carboxylic acids is 1. The van der Waals surface area contributed by atoms with Gasteiger partial charge in [-0.3, -0.25) is 0 Å². The molecule has 0 fully saturated rings. The summed E-state index contributed by atoms with van der Waals surface area (Å²) in [7, 11) is 0. The number of benzene rings is 2. The van der Waals surface area contributed by atoms with Gasteiger partial charge >= 0.3 is 5.97 Å². The molecule has 0 aliphatic rings. The first-order valence-electron chi connectivity index (χ1n) is 6.86. The van der Waals surface area contributed by atoms with Crippen LogP contribution in [0.2, 0.25) is 0 Å². The zero-order valence-corrected chi connectivity index (χ0v) is 11.6. The van der Waals surface area contributed by atoms with Crippen LogP contribution in [0.4, 0.5) is 4.39 Å². The standard InChI is InChI=1S/C17H17FO3/c18-14-9-10-16(15(12-14)17(19)20)21-11-5-4-8-13-6-2-1-3-7-13/h1-3,6-7,9-10,12H,4-5,8,11H2,(H,19,20). The van der Waals surface area contributed by atoms with E-state index in [0.717, 1.165) is 25.3 Å². The fourth-order valence-corrected chi connectivity index (χ4v) is 2.05. The van der Waals surface area contributed by atoms with E-state index in [-0.39, 0.29) is 11.3 Å². The smallest absolute Gasteiger partial charge is 0.339 e. The Hall–Kier alpha value is -2.36. The average Bonchev–Trinajstić information content (AvgIpc) is 2.49. The first kappa shape index (κ1) is 15.0. The van der Waals surface area contributed by atoms with Crippen molar-refractivity contribution in [2.45, 2.75) is 19.3 Å². The van der Waals surface area contributed by atoms with Crippen LogP contribution in [-0.2, 0) is 6.42 Å². The summed E-state index contributed by atoms with van der Waals surface area (Å²) in [4.78, 5) is 11.0. The summed E-state index contributed by atoms with van der Waals surface area (Å²) in [6.45, 7) is 0.415. The maximum absolute atomic E-state index is 13.0. The van der Waals surface area contributed by atoms with E-state index >= 15 is 0 Å². The Bertz CT molecular complexity index is 596. The second-order valence-corrected chi connectivity index (χ2v) is 4.74. The molecule has 0 unspecified atom stereocenters. The minimum atomic E-state index is -1.19. The molecule has 0 amide bonds. The summed E-state index contributed by atoms with van der Waals surface area (Å²) in [5.74, 6) is -1.55. The maximum Gasteiger partial charge on any atom is 0.339 e. The number of aryl methyl sites for hydroxylation is 1. The monoisotopic (exact) mass is 288 g/mol. The third-order valence-corrected chi connectivity index (χ3v) is 3.13. The molecule has 0 saturated heterocycles. The first-order valence-corrected chi connectivity index (χ1v) is 6.86. The van der Waals surface area contributed by atoms with Crippen LogP contribution < -0.4 is 4.74 Å². The average molecular weight is 288 g/mol. The summed E-state index contributed by atoms with van der Waals surface area (Å²) < 4.78 is 18.5. The molecule has 2 rings (SSSR count). The van der Waals surface area contributed by atoms with Crippen molar-refractivity contribution in [3.63, 3.8) is 0 Å². The quantitative estimate of drug-likeness (QED) is 0.785. The Labute approximate surface area is 123 Å². The van der Waals surface area contributed by atoms with Crippen molar-refractivity contribution in [3.05, 3.63) is 65.5 Å². The SMILES string of the molecule is O=C(O)c1cc(F)ccc1OCCCCc1ccccc1. The van der Waals surface area contributed by atoms with Gasteiger partial charge in [-0.25, -0.2) is 9.18 Å². The molecule has 21 heavy (non-hydrogen) atoms. The molecule has 0 saturated carbocycles. The molecule has 3 nitrogen and oxygen atoms in total. The number of carboxylic acid groups (broad SMARTS) is 1. The second-order valence-electron chi connectivity index (χ2n) is 4.74. The summed E-state index contributed by atoms with van der Waals surface area (Å²) in [5.41, 5.74) is 1.13. The zero-order valence-electron chi connectivity index (χ0n) is 11.6. The van der Waals surface area contributed by atoms with Crippen molar-refractivity contribution in [1.29, 1.82) is 0 Å². The summed E-state index contributed by atoms with van der Waals surface area (Å²) >= 11 is 0. The van der Waals surface area contributed by atoms with Gasteiger partial charge in [0.1, 0.15) is 17.1 Å². The number of hydrogen-bond acceptors (Lipinski definition) is 2. The van der Waals surface area contributed by atoms with Gasteiger partial charge in [-0.1, -0.05) is 30.3 Å². The molecular formula is C17H17FO3. The van der Waals surface area contributed by atoms with Crippen LogP contribution in [0.1, 0.15) is 28.8 Å². The number of ether oxygens (including phenoxy) is 1. The summed E-state index contributed by atoms with van der Waals surface area (Å²) in [5, 5.41) is 8.99. The largest absolute Gasteiger partial charge is 0.493 e. The van der Waals surface area contributed by atoms with Crippen LogP contribution in [0.3, 0.4) is 0 Å². The molecule has 2 aromatic carbocycles. The highest BCUT2D eigenvalue weighted by Gasteiger charge is 2.12. The lowest BCUT2D eigenvalue weighted by Gasteiger charge is -2.09. The van der Waals surface area contributed by atoms with Crippen molar-refractivity contribution in [3.8, 4) is 5.75 Å². The van der Waals surface area contributed by atoms with Crippen molar-refractivity contribution in [2.75, 3.05) is 6.61 Å². The third-order valence-electron chi connectivity index (χ3n) is 3.13. The predicted molar refractivity (Wildman–Crippen MR) is 78.2 cm³/mol. The minimum absolute atomic E-state index is 0.141. The highest BCUT2D eigenvalue weighted by atomic mass is 19.1. The number of halogens is 1. The number of carbonyl (C=O) groups is 1. The fourth-order valence-electron chi connectivity index (χ4n) is 2.05. The Morgan fingerprint density at radius 1 is 1.10 bits per heavy atom. The van der Waals surface area contributed by atoms with Crippen LogP contribution in [0.25, 0.3) is 0 Å². The van der Waals surface area contributed by atoms with Crippen LogP contribution >= 0.6 is 0 Å². The van der Waals surface area contributed by atoms with E-state index in [2.05, 4.69) is 12.1 Å². The van der Waals surface area contributed by atoms with Crippen molar-refractivity contribution in [2.24, 2.45) is 0 Å². The summed E-state index contributed by atoms with van der Waals surface area (Å²) in [6.07, 6.45) is 2.72. The Morgan fingerprint density at radius 2 is 1.86 bits per heavy atom. The van der Waals surface area contributed by atoms with Crippen LogP contribution in [0.5, 0.6) is 5.75 Å². The number of carboxylic acids is 1. The zero-order chi connectivity index (χ0) is 15.1. The van der Waals surface area contributed by atoms with Crippen LogP contribution in [0.15, 0.2) is 48.5 Å². The lowest BCUT2D eigenvalue weighted by Crippen LogP contribution is -2.05. The van der Waals surface area contributed by atoms with E-state index in [1.165, 1.54) is 17.7 Å². The van der Waals surface area contributed by atoms with Gasteiger partial charge in [-0.2, -0.15) is 0 Å². The lowest BCUT2D eigenvalue weighted by molar-refractivity contribution is 0.0691. The van der Waals surface area contributed by atoms with Gasteiger partial charge < -0.3 is 9.84 Å². The molecule has 0 spiro atoms. The molecule has 1 N–H and O–H groups in total. The normalized spacial score (nSPS) is 10.3. The molecule has 0 bridgehead atoms. The van der Waals surface area contributed by atoms with Crippen LogP contribution in [-0.4, -0.2) is 17.7 Å². The van der Waals surface area contributed by atoms with E-state index in [1.54, 1.807) is 0 Å². The third kappa shape index (κ3) is 4.60. The van der Waals surface area contributed by atoms with E-state index in [9.17, 15) is 9.18 Å². The molecule has 4 heteroatoms. The van der Waals surface area contributed by atoms with Gasteiger partial charge in [0.25, 0.3) is 0 Å². The fraction of sp³-hybridized carbons (Fsp3) is 0.235. The predicted octanol–water partition coefficient (Wildman–Crippen LogP) is 3.93. The molecule has 0 aliphatic carbocycles. The molecule has 0 radical (unpaired) electrons. The molecule has 0 heterocycles. The van der Waals surface area contributed by atoms with Gasteiger partial charge in [0.2, 0.25) is 0 Å². The molecule has 0 aliphatic heterocycles. The van der Waals surface area contributed by atoms with Gasteiger partial charge in [0, 0.05) is 0 Å². The highest BCUT2D eigenvalue weighted by Crippen LogP contribution is 2.20. The molecule has 2 aromatic rings. The lowest BCUT2D eigenvalue weighted by atomic mass is 10.1. The van der Waals surface area contributed by atoms with Gasteiger partial charge in [-0.15, -0.1) is 0 Å². The van der Waals surface area contributed by atoms with E-state index in [0.29, 0.717) is 6.61 Å². The molecule has 0 aromatic heterocycles. The molecule has 110 valence electrons. The van der Waals surface area contributed by atoms with Gasteiger partial charge in [0.05, 0.1) is 6.61 Å². The van der Waals surface area contributed by atoms with E-state index in [1.807, 2.05) is 18.2 Å². The van der Waals surface area contributed by atoms with Crippen molar-refractivity contribution >= 4 is 5.97 Å². The van der Waals surface area contributed by atoms with Crippen molar-refractivity contribution in [1.82, 2.24) is 0 Å². The summed E-state index contributed by atoms with van der Waals surface area (Å²) in [6, 6.07) is 13.7. The Morgan fingerprint density at radius 3 is 2.57 bits per heavy atom. The maximum atomic E-state index is 13.0. The number of unbranched alkanes of at least 4 members (excludes halogenated alkanes) is 1. The first-order chi connectivity index (χ1) is 10.2.